The summed E-state index contributed by atoms with van der Waals surface area (Å²) in [5, 5.41) is 22.9. The average Bonchev–Trinajstić information content (AvgIpc) is 3.11. The number of carbonyl (C=O) groups excluding carboxylic acids is 1. The summed E-state index contributed by atoms with van der Waals surface area (Å²) >= 11 is 1.35. The smallest absolute Gasteiger partial charge is 0.534 e. The van der Waals surface area contributed by atoms with Gasteiger partial charge in [-0.2, -0.15) is 0 Å². The van der Waals surface area contributed by atoms with Crippen molar-refractivity contribution in [2.75, 3.05) is 32.5 Å². The highest BCUT2D eigenvalue weighted by Crippen LogP contribution is 2.38. The summed E-state index contributed by atoms with van der Waals surface area (Å²) in [6.45, 7) is 2.53. The van der Waals surface area contributed by atoms with Crippen molar-refractivity contribution in [2.45, 2.75) is 30.0 Å². The number of amides is 1. The molecule has 10 heteroatoms. The number of nitrogens with zero attached hydrogens (tertiary/aromatic N) is 1. The molecule has 2 fully saturated rings. The van der Waals surface area contributed by atoms with Gasteiger partial charge in [0.1, 0.15) is 17.1 Å². The fourth-order valence-corrected chi connectivity index (χ4v) is 5.17. The summed E-state index contributed by atoms with van der Waals surface area (Å²) in [5.41, 5.74) is 0.722. The van der Waals surface area contributed by atoms with Crippen LogP contribution in [-0.4, -0.2) is 77.2 Å². The Morgan fingerprint density at radius 2 is 2.25 bits per heavy atom. The molecule has 150 valence electrons. The Bertz CT molecular complexity index is 803. The van der Waals surface area contributed by atoms with Crippen molar-refractivity contribution < 1.29 is 29.1 Å². The van der Waals surface area contributed by atoms with E-state index < -0.39 is 13.1 Å². The van der Waals surface area contributed by atoms with Gasteiger partial charge in [-0.05, 0) is 37.4 Å². The van der Waals surface area contributed by atoms with Gasteiger partial charge in [-0.25, -0.2) is 4.79 Å². The third-order valence-electron chi connectivity index (χ3n) is 5.84. The highest BCUT2D eigenvalue weighted by atomic mass is 32.2. The van der Waals surface area contributed by atoms with E-state index in [9.17, 15) is 19.7 Å². The molecular weight excluding hydrogens is 383 g/mol. The van der Waals surface area contributed by atoms with Crippen molar-refractivity contribution in [3.8, 4) is 11.5 Å². The summed E-state index contributed by atoms with van der Waals surface area (Å²) in [7, 11) is 0.202. The van der Waals surface area contributed by atoms with Crippen LogP contribution in [0.2, 0.25) is 0 Å². The predicted octanol–water partition coefficient (Wildman–Crippen LogP) is 0.414. The number of hydrogen-bond donors (Lipinski definition) is 3. The minimum Gasteiger partial charge on any atom is -0.534 e. The van der Waals surface area contributed by atoms with Gasteiger partial charge >= 0.3 is 13.1 Å². The molecule has 1 unspecified atom stereocenters. The molecule has 0 bridgehead atoms. The van der Waals surface area contributed by atoms with Crippen molar-refractivity contribution >= 4 is 30.8 Å². The molecular formula is C18H23BN2O6S. The molecule has 3 aliphatic rings. The van der Waals surface area contributed by atoms with E-state index in [-0.39, 0.29) is 39.4 Å². The van der Waals surface area contributed by atoms with Crippen molar-refractivity contribution in [3.63, 3.8) is 0 Å². The molecule has 3 aliphatic heterocycles. The third kappa shape index (κ3) is 3.44. The van der Waals surface area contributed by atoms with E-state index in [1.54, 1.807) is 12.1 Å². The van der Waals surface area contributed by atoms with Crippen LogP contribution in [0.1, 0.15) is 28.8 Å². The Hall–Kier alpha value is -1.91. The van der Waals surface area contributed by atoms with E-state index >= 15 is 0 Å². The van der Waals surface area contributed by atoms with E-state index in [1.807, 2.05) is 4.90 Å². The van der Waals surface area contributed by atoms with Crippen LogP contribution in [0, 0.1) is 0 Å². The maximum absolute atomic E-state index is 12.6. The molecule has 8 nitrogen and oxygen atoms in total. The number of carboxylic acid groups (broad SMARTS) is 1. The maximum atomic E-state index is 12.6. The molecule has 0 saturated carbocycles. The number of methoxy groups -OCH3 is 1. The molecule has 2 atom stereocenters. The number of hydrogen-bond acceptors (Lipinski definition) is 7. The Morgan fingerprint density at radius 3 is 2.86 bits per heavy atom. The first-order valence-corrected chi connectivity index (χ1v) is 10.4. The number of aromatic carboxylic acids is 1. The summed E-state index contributed by atoms with van der Waals surface area (Å²) < 4.78 is 10.6. The van der Waals surface area contributed by atoms with Crippen LogP contribution in [-0.2, 0) is 11.2 Å². The lowest BCUT2D eigenvalue weighted by Gasteiger charge is -2.39. The number of thioether (sulfide) groups is 1. The lowest BCUT2D eigenvalue weighted by Crippen LogP contribution is -2.58. The zero-order valence-electron chi connectivity index (χ0n) is 15.6. The standard InChI is InChI=1S/C18H23BN2O6S/c1-26-12-3-2-11-8-13(19(25)27-16(11)15(12)17(23)24)28-9-14(22)21-7-5-18(10-21)4-6-20-18/h2-3,13,20,25H,4-10H2,1H3,(H,23,24)/t13-,18?/m0/s1. The number of ether oxygens (including phenoxy) is 1. The van der Waals surface area contributed by atoms with Gasteiger partial charge in [0.15, 0.2) is 0 Å². The number of benzene rings is 1. The lowest BCUT2D eigenvalue weighted by molar-refractivity contribution is -0.127. The molecule has 0 aliphatic carbocycles. The first-order valence-electron chi connectivity index (χ1n) is 9.35. The summed E-state index contributed by atoms with van der Waals surface area (Å²) in [5.74, 6) is -0.519. The first-order chi connectivity index (χ1) is 13.4. The molecule has 1 spiro atoms. The van der Waals surface area contributed by atoms with Crippen LogP contribution in [0.3, 0.4) is 0 Å². The van der Waals surface area contributed by atoms with Crippen LogP contribution < -0.4 is 14.7 Å². The average molecular weight is 406 g/mol. The minimum absolute atomic E-state index is 0.0644. The van der Waals surface area contributed by atoms with E-state index in [0.717, 1.165) is 32.5 Å². The Labute approximate surface area is 167 Å². The van der Waals surface area contributed by atoms with Gasteiger partial charge in [0.05, 0.1) is 18.0 Å². The van der Waals surface area contributed by atoms with Crippen molar-refractivity contribution in [1.29, 1.82) is 0 Å². The van der Waals surface area contributed by atoms with Gasteiger partial charge in [-0.3, -0.25) is 4.79 Å². The molecule has 4 rings (SSSR count). The number of fused-ring (bicyclic) bond motifs is 1. The zero-order chi connectivity index (χ0) is 19.9. The number of carboxylic acids is 1. The van der Waals surface area contributed by atoms with E-state index in [1.165, 1.54) is 18.9 Å². The highest BCUT2D eigenvalue weighted by molar-refractivity contribution is 8.01. The molecule has 0 aromatic heterocycles. The second kappa shape index (κ2) is 7.49. The molecule has 2 saturated heterocycles. The summed E-state index contributed by atoms with van der Waals surface area (Å²) in [6.07, 6.45) is 2.53. The number of nitrogens with one attached hydrogen (secondary N) is 1. The molecule has 0 radical (unpaired) electrons. The van der Waals surface area contributed by atoms with Crippen LogP contribution >= 0.6 is 11.8 Å². The fraction of sp³-hybridized carbons (Fsp3) is 0.556. The van der Waals surface area contributed by atoms with Gasteiger partial charge in [0.2, 0.25) is 5.91 Å². The summed E-state index contributed by atoms with van der Waals surface area (Å²) in [4.78, 5) is 26.0. The quantitative estimate of drug-likeness (QED) is 0.604. The van der Waals surface area contributed by atoms with Gasteiger partial charge in [-0.1, -0.05) is 6.07 Å². The monoisotopic (exact) mass is 406 g/mol. The number of likely N-dealkylation sites (tertiary alicyclic amines) is 1. The van der Waals surface area contributed by atoms with E-state index in [4.69, 9.17) is 9.39 Å². The lowest BCUT2D eigenvalue weighted by atomic mass is 9.77. The molecule has 28 heavy (non-hydrogen) atoms. The van der Waals surface area contributed by atoms with Gasteiger partial charge < -0.3 is 29.7 Å². The largest absolute Gasteiger partial charge is 0.536 e. The van der Waals surface area contributed by atoms with Crippen molar-refractivity contribution in [1.82, 2.24) is 10.2 Å². The SMILES string of the molecule is COc1ccc2c(c1C(=O)O)OB(O)[C@@H](SCC(=O)N1CCC3(CCN3)C1)C2. The normalized spacial score (nSPS) is 25.9. The van der Waals surface area contributed by atoms with Crippen LogP contribution in [0.4, 0.5) is 0 Å². The second-order valence-electron chi connectivity index (χ2n) is 7.52. The van der Waals surface area contributed by atoms with Crippen LogP contribution in [0.15, 0.2) is 12.1 Å². The van der Waals surface area contributed by atoms with Gasteiger partial charge in [0.25, 0.3) is 0 Å². The molecule has 1 aromatic carbocycles. The maximum Gasteiger partial charge on any atom is 0.536 e. The van der Waals surface area contributed by atoms with Crippen molar-refractivity contribution in [3.05, 3.63) is 23.3 Å². The first kappa shape index (κ1) is 19.4. The van der Waals surface area contributed by atoms with Gasteiger partial charge in [-0.15, -0.1) is 11.8 Å². The van der Waals surface area contributed by atoms with E-state index in [0.29, 0.717) is 12.0 Å². The molecule has 1 aromatic rings. The third-order valence-corrected chi connectivity index (χ3v) is 7.08. The Morgan fingerprint density at radius 1 is 1.46 bits per heavy atom. The highest BCUT2D eigenvalue weighted by Gasteiger charge is 2.44. The number of rotatable bonds is 5. The summed E-state index contributed by atoms with van der Waals surface area (Å²) in [6, 6.07) is 3.33. The molecule has 1 amide bonds. The predicted molar refractivity (Wildman–Crippen MR) is 105 cm³/mol. The van der Waals surface area contributed by atoms with Crippen molar-refractivity contribution in [2.24, 2.45) is 0 Å². The van der Waals surface area contributed by atoms with Crippen LogP contribution in [0.25, 0.3) is 0 Å². The van der Waals surface area contributed by atoms with E-state index in [2.05, 4.69) is 5.32 Å². The van der Waals surface area contributed by atoms with Gasteiger partial charge in [0, 0.05) is 18.6 Å². The second-order valence-corrected chi connectivity index (χ2v) is 8.75. The fourth-order valence-electron chi connectivity index (χ4n) is 4.11. The zero-order valence-corrected chi connectivity index (χ0v) is 16.5. The number of carbonyl (C=O) groups is 2. The molecule has 3 heterocycles. The minimum atomic E-state index is -1.19. The molecule has 3 N–H and O–H groups in total. The Balaban J connectivity index is 1.40. The Kier molecular flexibility index (Phi) is 5.20. The van der Waals surface area contributed by atoms with Crippen LogP contribution in [0.5, 0.6) is 11.5 Å². The topological polar surface area (TPSA) is 108 Å².